The number of hydrogen-bond acceptors (Lipinski definition) is 4. The smallest absolute Gasteiger partial charge is 0.191 e. The summed E-state index contributed by atoms with van der Waals surface area (Å²) < 4.78 is 5.48. The molecule has 2 fully saturated rings. The molecule has 2 rings (SSSR count). The van der Waals surface area contributed by atoms with Gasteiger partial charge in [0.2, 0.25) is 0 Å². The Bertz CT molecular complexity index is 432. The highest BCUT2D eigenvalue weighted by molar-refractivity contribution is 5.80. The maximum atomic E-state index is 5.48. The van der Waals surface area contributed by atoms with Crippen LogP contribution in [0.25, 0.3) is 0 Å². The van der Waals surface area contributed by atoms with Gasteiger partial charge in [-0.2, -0.15) is 0 Å². The van der Waals surface area contributed by atoms with E-state index in [1.54, 1.807) is 0 Å². The monoisotopic (exact) mass is 353 g/mol. The van der Waals surface area contributed by atoms with Gasteiger partial charge in [0, 0.05) is 50.3 Å². The van der Waals surface area contributed by atoms with Gasteiger partial charge in [-0.3, -0.25) is 14.8 Å². The van der Waals surface area contributed by atoms with E-state index >= 15 is 0 Å². The van der Waals surface area contributed by atoms with E-state index in [1.807, 2.05) is 0 Å². The van der Waals surface area contributed by atoms with Crippen LogP contribution < -0.4 is 10.6 Å². The Balaban J connectivity index is 1.95. The first-order chi connectivity index (χ1) is 11.8. The molecule has 0 radical (unpaired) electrons. The van der Waals surface area contributed by atoms with E-state index in [0.29, 0.717) is 18.0 Å². The van der Waals surface area contributed by atoms with E-state index in [9.17, 15) is 0 Å². The van der Waals surface area contributed by atoms with Gasteiger partial charge in [0.05, 0.1) is 19.8 Å². The number of nitrogens with zero attached hydrogens (tertiary/aromatic N) is 3. The third kappa shape index (κ3) is 5.83. The number of hydrogen-bond donors (Lipinski definition) is 2. The number of likely N-dealkylation sites (tertiary alicyclic amines) is 1. The van der Waals surface area contributed by atoms with Crippen molar-refractivity contribution in [3.05, 3.63) is 0 Å². The normalized spacial score (nSPS) is 27.1. The lowest BCUT2D eigenvalue weighted by atomic mass is 10.0. The molecule has 2 atom stereocenters. The van der Waals surface area contributed by atoms with Crippen LogP contribution in [0.1, 0.15) is 41.5 Å². The average molecular weight is 354 g/mol. The molecule has 0 bridgehead atoms. The minimum Gasteiger partial charge on any atom is -0.379 e. The lowest BCUT2D eigenvalue weighted by Gasteiger charge is -2.40. The maximum Gasteiger partial charge on any atom is 0.191 e. The summed E-state index contributed by atoms with van der Waals surface area (Å²) in [7, 11) is 0. The third-order valence-electron chi connectivity index (χ3n) is 5.53. The zero-order chi connectivity index (χ0) is 18.4. The summed E-state index contributed by atoms with van der Waals surface area (Å²) in [5, 5.41) is 7.11. The topological polar surface area (TPSA) is 52.1 Å². The molecule has 2 saturated heterocycles. The third-order valence-corrected chi connectivity index (χ3v) is 5.53. The standard InChI is InChI=1S/C19H39N5O/c1-7-20-18(22-17-13-23(15(2)3)12-16(17)4)21-14-19(5,6)24-8-10-25-11-9-24/h15-17H,7-14H2,1-6H3,(H2,20,21,22). The predicted octanol–water partition coefficient (Wildman–Crippen LogP) is 1.38. The van der Waals surface area contributed by atoms with E-state index in [4.69, 9.17) is 9.73 Å². The fourth-order valence-electron chi connectivity index (χ4n) is 3.65. The number of rotatable bonds is 6. The van der Waals surface area contributed by atoms with Crippen molar-refractivity contribution >= 4 is 5.96 Å². The Kier molecular flexibility index (Phi) is 7.52. The molecule has 6 heteroatoms. The van der Waals surface area contributed by atoms with Gasteiger partial charge < -0.3 is 15.4 Å². The highest BCUT2D eigenvalue weighted by Crippen LogP contribution is 2.19. The maximum absolute atomic E-state index is 5.48. The number of guanidine groups is 1. The second-order valence-corrected chi connectivity index (χ2v) is 8.38. The van der Waals surface area contributed by atoms with E-state index in [-0.39, 0.29) is 5.54 Å². The van der Waals surface area contributed by atoms with Crippen LogP contribution in [0, 0.1) is 5.92 Å². The van der Waals surface area contributed by atoms with Crippen molar-refractivity contribution in [1.82, 2.24) is 20.4 Å². The molecule has 0 saturated carbocycles. The molecule has 2 aliphatic rings. The molecule has 2 heterocycles. The summed E-state index contributed by atoms with van der Waals surface area (Å²) in [6, 6.07) is 1.07. The number of ether oxygens (including phenoxy) is 1. The van der Waals surface area contributed by atoms with Gasteiger partial charge in [0.1, 0.15) is 0 Å². The molecular weight excluding hydrogens is 314 g/mol. The molecule has 0 aromatic rings. The SMILES string of the molecule is CCNC(=NCC(C)(C)N1CCOCC1)NC1CN(C(C)C)CC1C. The van der Waals surface area contributed by atoms with Gasteiger partial charge in [-0.15, -0.1) is 0 Å². The van der Waals surface area contributed by atoms with Crippen LogP contribution >= 0.6 is 0 Å². The highest BCUT2D eigenvalue weighted by atomic mass is 16.5. The minimum atomic E-state index is 0.0530. The Hall–Kier alpha value is -0.850. The summed E-state index contributed by atoms with van der Waals surface area (Å²) in [5.74, 6) is 1.59. The van der Waals surface area contributed by atoms with Crippen molar-refractivity contribution in [2.24, 2.45) is 10.9 Å². The lowest BCUT2D eigenvalue weighted by molar-refractivity contribution is -0.00684. The van der Waals surface area contributed by atoms with Crippen LogP contribution in [0.3, 0.4) is 0 Å². The van der Waals surface area contributed by atoms with Crippen molar-refractivity contribution in [2.75, 3.05) is 52.5 Å². The Labute approximate surface area is 154 Å². The van der Waals surface area contributed by atoms with Gasteiger partial charge in [0.15, 0.2) is 5.96 Å². The second kappa shape index (κ2) is 9.19. The molecule has 2 aliphatic heterocycles. The van der Waals surface area contributed by atoms with Gasteiger partial charge in [-0.25, -0.2) is 0 Å². The second-order valence-electron chi connectivity index (χ2n) is 8.38. The Morgan fingerprint density at radius 3 is 2.48 bits per heavy atom. The summed E-state index contributed by atoms with van der Waals surface area (Å²) in [6.45, 7) is 21.2. The molecule has 6 nitrogen and oxygen atoms in total. The molecule has 2 N–H and O–H groups in total. The number of nitrogens with one attached hydrogen (secondary N) is 2. The zero-order valence-corrected chi connectivity index (χ0v) is 17.1. The van der Waals surface area contributed by atoms with Crippen molar-refractivity contribution in [2.45, 2.75) is 59.2 Å². The van der Waals surface area contributed by atoms with Gasteiger partial charge in [-0.05, 0) is 40.5 Å². The van der Waals surface area contributed by atoms with Crippen LogP contribution in [0.2, 0.25) is 0 Å². The molecule has 0 amide bonds. The van der Waals surface area contributed by atoms with E-state index < -0.39 is 0 Å². The van der Waals surface area contributed by atoms with Gasteiger partial charge >= 0.3 is 0 Å². The molecule has 0 aliphatic carbocycles. The summed E-state index contributed by atoms with van der Waals surface area (Å²) in [6.07, 6.45) is 0. The molecule has 0 aromatic carbocycles. The fraction of sp³-hybridized carbons (Fsp3) is 0.947. The quantitative estimate of drug-likeness (QED) is 0.558. The number of aliphatic imine (C=N–C) groups is 1. The first-order valence-corrected chi connectivity index (χ1v) is 9.95. The van der Waals surface area contributed by atoms with E-state index in [1.165, 1.54) is 0 Å². The van der Waals surface area contributed by atoms with Crippen LogP contribution in [0.15, 0.2) is 4.99 Å². The minimum absolute atomic E-state index is 0.0530. The highest BCUT2D eigenvalue weighted by Gasteiger charge is 2.32. The van der Waals surface area contributed by atoms with Crippen LogP contribution in [0.4, 0.5) is 0 Å². The van der Waals surface area contributed by atoms with Gasteiger partial charge in [-0.1, -0.05) is 6.92 Å². The van der Waals surface area contributed by atoms with Crippen molar-refractivity contribution in [3.8, 4) is 0 Å². The molecule has 146 valence electrons. The summed E-state index contributed by atoms with van der Waals surface area (Å²) in [4.78, 5) is 9.96. The first kappa shape index (κ1) is 20.5. The molecule has 0 aromatic heterocycles. The fourth-order valence-corrected chi connectivity index (χ4v) is 3.65. The Morgan fingerprint density at radius 1 is 1.24 bits per heavy atom. The molecule has 0 spiro atoms. The van der Waals surface area contributed by atoms with Crippen LogP contribution in [-0.4, -0.2) is 85.9 Å². The summed E-state index contributed by atoms with van der Waals surface area (Å²) >= 11 is 0. The lowest BCUT2D eigenvalue weighted by Crippen LogP contribution is -2.52. The molecular formula is C19H39N5O. The van der Waals surface area contributed by atoms with Crippen molar-refractivity contribution in [1.29, 1.82) is 0 Å². The van der Waals surface area contributed by atoms with E-state index in [2.05, 4.69) is 62.0 Å². The molecule has 2 unspecified atom stereocenters. The predicted molar refractivity (Wildman–Crippen MR) is 105 cm³/mol. The molecule has 25 heavy (non-hydrogen) atoms. The van der Waals surface area contributed by atoms with E-state index in [0.717, 1.165) is 58.4 Å². The summed E-state index contributed by atoms with van der Waals surface area (Å²) in [5.41, 5.74) is 0.0530. The van der Waals surface area contributed by atoms with Crippen LogP contribution in [-0.2, 0) is 4.74 Å². The van der Waals surface area contributed by atoms with Crippen molar-refractivity contribution in [3.63, 3.8) is 0 Å². The van der Waals surface area contributed by atoms with Crippen molar-refractivity contribution < 1.29 is 4.74 Å². The number of morpholine rings is 1. The largest absolute Gasteiger partial charge is 0.379 e. The first-order valence-electron chi connectivity index (χ1n) is 9.95. The van der Waals surface area contributed by atoms with Crippen LogP contribution in [0.5, 0.6) is 0 Å². The Morgan fingerprint density at radius 2 is 1.92 bits per heavy atom. The van der Waals surface area contributed by atoms with Gasteiger partial charge in [0.25, 0.3) is 0 Å². The zero-order valence-electron chi connectivity index (χ0n) is 17.1. The average Bonchev–Trinajstić information content (AvgIpc) is 2.95.